The Kier molecular flexibility index (Phi) is 4.60. The molecule has 1 atom stereocenters. The van der Waals surface area contributed by atoms with Gasteiger partial charge in [0.05, 0.1) is 0 Å². The Balaban J connectivity index is 2.36. The molecular formula is C12H20N2. The second-order valence-electron chi connectivity index (χ2n) is 3.88. The highest BCUT2D eigenvalue weighted by molar-refractivity contribution is 5.13. The molecule has 1 heterocycles. The third-order valence-electron chi connectivity index (χ3n) is 2.39. The van der Waals surface area contributed by atoms with E-state index in [0.29, 0.717) is 6.04 Å². The quantitative estimate of drug-likeness (QED) is 0.777. The molecule has 0 amide bonds. The van der Waals surface area contributed by atoms with Crippen molar-refractivity contribution >= 4 is 0 Å². The predicted octanol–water partition coefficient (Wildman–Crippen LogP) is 2.31. The van der Waals surface area contributed by atoms with Gasteiger partial charge in [0.2, 0.25) is 0 Å². The Labute approximate surface area is 86.5 Å². The summed E-state index contributed by atoms with van der Waals surface area (Å²) in [5, 5.41) is 0. The highest BCUT2D eigenvalue weighted by Crippen LogP contribution is 2.05. The van der Waals surface area contributed by atoms with Crippen LogP contribution in [0.25, 0.3) is 0 Å². The molecule has 0 aromatic carbocycles. The van der Waals surface area contributed by atoms with Gasteiger partial charge in [-0.05, 0) is 44.2 Å². The normalized spacial score (nSPS) is 12.8. The van der Waals surface area contributed by atoms with E-state index in [2.05, 4.69) is 24.0 Å². The fraction of sp³-hybridized carbons (Fsp3) is 0.583. The first-order chi connectivity index (χ1) is 6.72. The molecule has 0 saturated heterocycles. The molecule has 1 unspecified atom stereocenters. The van der Waals surface area contributed by atoms with E-state index in [9.17, 15) is 0 Å². The van der Waals surface area contributed by atoms with E-state index in [0.717, 1.165) is 25.7 Å². The minimum Gasteiger partial charge on any atom is -0.328 e. The molecule has 0 fully saturated rings. The topological polar surface area (TPSA) is 38.9 Å². The molecule has 0 saturated carbocycles. The van der Waals surface area contributed by atoms with Crippen LogP contribution in [0.3, 0.4) is 0 Å². The summed E-state index contributed by atoms with van der Waals surface area (Å²) in [5.41, 5.74) is 8.17. The molecular weight excluding hydrogens is 172 g/mol. The number of rotatable bonds is 5. The van der Waals surface area contributed by atoms with Gasteiger partial charge in [-0.25, -0.2) is 0 Å². The summed E-state index contributed by atoms with van der Waals surface area (Å²) < 4.78 is 0. The zero-order valence-corrected chi connectivity index (χ0v) is 9.16. The first-order valence-corrected chi connectivity index (χ1v) is 5.41. The molecule has 14 heavy (non-hydrogen) atoms. The van der Waals surface area contributed by atoms with Gasteiger partial charge in [-0.3, -0.25) is 4.98 Å². The monoisotopic (exact) mass is 192 g/mol. The third-order valence-corrected chi connectivity index (χ3v) is 2.39. The van der Waals surface area contributed by atoms with Gasteiger partial charge in [-0.1, -0.05) is 13.0 Å². The zero-order chi connectivity index (χ0) is 10.4. The average Bonchev–Trinajstić information content (AvgIpc) is 2.18. The second-order valence-corrected chi connectivity index (χ2v) is 3.88. The summed E-state index contributed by atoms with van der Waals surface area (Å²) in [6, 6.07) is 4.60. The van der Waals surface area contributed by atoms with Gasteiger partial charge in [-0.15, -0.1) is 0 Å². The number of nitrogens with two attached hydrogens (primary N) is 1. The summed E-state index contributed by atoms with van der Waals surface area (Å²) in [6.07, 6.45) is 6.30. The van der Waals surface area contributed by atoms with Crippen LogP contribution in [0, 0.1) is 0 Å². The van der Waals surface area contributed by atoms with Gasteiger partial charge in [0.25, 0.3) is 0 Å². The van der Waals surface area contributed by atoms with Crippen LogP contribution in [0.15, 0.2) is 18.3 Å². The fourth-order valence-corrected chi connectivity index (χ4v) is 1.42. The lowest BCUT2D eigenvalue weighted by Crippen LogP contribution is -2.14. The first-order valence-electron chi connectivity index (χ1n) is 5.41. The molecule has 1 aromatic heterocycles. The molecule has 2 N–H and O–H groups in total. The van der Waals surface area contributed by atoms with Crippen molar-refractivity contribution in [1.82, 2.24) is 4.98 Å². The molecule has 0 aliphatic rings. The SMILES string of the molecule is CCc1ccc(CCCC(C)N)nc1. The van der Waals surface area contributed by atoms with Crippen LogP contribution in [0.5, 0.6) is 0 Å². The van der Waals surface area contributed by atoms with E-state index >= 15 is 0 Å². The molecule has 2 nitrogen and oxygen atoms in total. The molecule has 0 aliphatic heterocycles. The smallest absolute Gasteiger partial charge is 0.0403 e. The van der Waals surface area contributed by atoms with Gasteiger partial charge >= 0.3 is 0 Å². The number of pyridine rings is 1. The van der Waals surface area contributed by atoms with Crippen molar-refractivity contribution in [3.05, 3.63) is 29.6 Å². The Hall–Kier alpha value is -0.890. The van der Waals surface area contributed by atoms with Crippen LogP contribution >= 0.6 is 0 Å². The van der Waals surface area contributed by atoms with E-state index in [-0.39, 0.29) is 0 Å². The summed E-state index contributed by atoms with van der Waals surface area (Å²) in [6.45, 7) is 4.19. The number of nitrogens with zero attached hydrogens (tertiary/aromatic N) is 1. The standard InChI is InChI=1S/C12H20N2/c1-3-11-7-8-12(14-9-11)6-4-5-10(2)13/h7-10H,3-6,13H2,1-2H3. The molecule has 0 radical (unpaired) electrons. The number of aromatic nitrogens is 1. The molecule has 1 rings (SSSR count). The Morgan fingerprint density at radius 2 is 2.21 bits per heavy atom. The van der Waals surface area contributed by atoms with E-state index in [1.165, 1.54) is 11.3 Å². The van der Waals surface area contributed by atoms with Gasteiger partial charge in [-0.2, -0.15) is 0 Å². The van der Waals surface area contributed by atoms with Gasteiger partial charge in [0.15, 0.2) is 0 Å². The molecule has 1 aromatic rings. The van der Waals surface area contributed by atoms with Crippen molar-refractivity contribution in [2.75, 3.05) is 0 Å². The lowest BCUT2D eigenvalue weighted by atomic mass is 10.1. The number of hydrogen-bond acceptors (Lipinski definition) is 2. The third kappa shape index (κ3) is 3.88. The fourth-order valence-electron chi connectivity index (χ4n) is 1.42. The van der Waals surface area contributed by atoms with Crippen molar-refractivity contribution in [2.45, 2.75) is 45.6 Å². The summed E-state index contributed by atoms with van der Waals surface area (Å²) in [7, 11) is 0. The highest BCUT2D eigenvalue weighted by Gasteiger charge is 1.97. The van der Waals surface area contributed by atoms with Crippen molar-refractivity contribution in [2.24, 2.45) is 5.73 Å². The van der Waals surface area contributed by atoms with Gasteiger partial charge < -0.3 is 5.73 Å². The van der Waals surface area contributed by atoms with Crippen molar-refractivity contribution < 1.29 is 0 Å². The van der Waals surface area contributed by atoms with E-state index in [4.69, 9.17) is 5.73 Å². The van der Waals surface area contributed by atoms with Crippen molar-refractivity contribution in [3.63, 3.8) is 0 Å². The second kappa shape index (κ2) is 5.76. The van der Waals surface area contributed by atoms with E-state index in [1.54, 1.807) is 0 Å². The Bertz CT molecular complexity index is 252. The minimum absolute atomic E-state index is 0.310. The maximum Gasteiger partial charge on any atom is 0.0403 e. The Morgan fingerprint density at radius 3 is 2.71 bits per heavy atom. The average molecular weight is 192 g/mol. The summed E-state index contributed by atoms with van der Waals surface area (Å²) in [5.74, 6) is 0. The van der Waals surface area contributed by atoms with Crippen LogP contribution in [0.1, 0.15) is 37.9 Å². The summed E-state index contributed by atoms with van der Waals surface area (Å²) >= 11 is 0. The van der Waals surface area contributed by atoms with Crippen LogP contribution in [-0.4, -0.2) is 11.0 Å². The van der Waals surface area contributed by atoms with Crippen LogP contribution in [0.2, 0.25) is 0 Å². The van der Waals surface area contributed by atoms with Crippen LogP contribution in [-0.2, 0) is 12.8 Å². The van der Waals surface area contributed by atoms with Crippen LogP contribution < -0.4 is 5.73 Å². The van der Waals surface area contributed by atoms with Gasteiger partial charge in [0.1, 0.15) is 0 Å². The Morgan fingerprint density at radius 1 is 1.43 bits per heavy atom. The van der Waals surface area contributed by atoms with Gasteiger partial charge in [0, 0.05) is 17.9 Å². The van der Waals surface area contributed by atoms with Crippen molar-refractivity contribution in [1.29, 1.82) is 0 Å². The molecule has 78 valence electrons. The molecule has 0 aliphatic carbocycles. The number of aryl methyl sites for hydroxylation is 2. The lowest BCUT2D eigenvalue weighted by Gasteiger charge is -2.04. The largest absolute Gasteiger partial charge is 0.328 e. The number of hydrogen-bond donors (Lipinski definition) is 1. The minimum atomic E-state index is 0.310. The molecule has 0 bridgehead atoms. The highest BCUT2D eigenvalue weighted by atomic mass is 14.7. The maximum absolute atomic E-state index is 5.68. The van der Waals surface area contributed by atoms with E-state index in [1.807, 2.05) is 13.1 Å². The van der Waals surface area contributed by atoms with E-state index < -0.39 is 0 Å². The first kappa shape index (κ1) is 11.2. The van der Waals surface area contributed by atoms with Crippen LogP contribution in [0.4, 0.5) is 0 Å². The lowest BCUT2D eigenvalue weighted by molar-refractivity contribution is 0.619. The van der Waals surface area contributed by atoms with Crippen molar-refractivity contribution in [3.8, 4) is 0 Å². The summed E-state index contributed by atoms with van der Waals surface area (Å²) in [4.78, 5) is 4.41. The maximum atomic E-state index is 5.68. The molecule has 0 spiro atoms. The zero-order valence-electron chi connectivity index (χ0n) is 9.16. The molecule has 2 heteroatoms. The predicted molar refractivity (Wildman–Crippen MR) is 60.2 cm³/mol.